The van der Waals surface area contributed by atoms with Crippen LogP contribution in [0.25, 0.3) is 0 Å². The zero-order valence-corrected chi connectivity index (χ0v) is 10.2. The molecule has 18 heavy (non-hydrogen) atoms. The lowest BCUT2D eigenvalue weighted by Crippen LogP contribution is -2.17. The number of nitriles is 1. The largest absolute Gasteiger partial charge is 0.328 e. The molecule has 0 aromatic heterocycles. The second kappa shape index (κ2) is 6.72. The number of hydrogen-bond donors (Lipinski definition) is 2. The molecular formula is C13H16FN3O. The summed E-state index contributed by atoms with van der Waals surface area (Å²) in [6, 6.07) is 5.83. The first-order chi connectivity index (χ1) is 8.52. The van der Waals surface area contributed by atoms with E-state index < -0.39 is 5.82 Å². The summed E-state index contributed by atoms with van der Waals surface area (Å²) in [4.78, 5) is 11.5. The van der Waals surface area contributed by atoms with E-state index in [0.29, 0.717) is 12.8 Å². The van der Waals surface area contributed by atoms with E-state index in [4.69, 9.17) is 11.0 Å². The molecule has 1 amide bonds. The molecule has 1 unspecified atom stereocenters. The average molecular weight is 249 g/mol. The van der Waals surface area contributed by atoms with Crippen molar-refractivity contribution in [3.05, 3.63) is 29.6 Å². The molecule has 0 saturated carbocycles. The molecule has 0 saturated heterocycles. The van der Waals surface area contributed by atoms with E-state index in [1.807, 2.05) is 13.0 Å². The quantitative estimate of drug-likeness (QED) is 0.839. The Bertz CT molecular complexity index is 466. The zero-order valence-electron chi connectivity index (χ0n) is 10.2. The predicted octanol–water partition coefficient (Wildman–Crippen LogP) is 2.15. The average Bonchev–Trinajstić information content (AvgIpc) is 2.31. The van der Waals surface area contributed by atoms with Gasteiger partial charge in [-0.3, -0.25) is 4.79 Å². The minimum absolute atomic E-state index is 0.0597. The van der Waals surface area contributed by atoms with E-state index in [1.54, 1.807) is 0 Å². The van der Waals surface area contributed by atoms with Gasteiger partial charge in [0.1, 0.15) is 5.82 Å². The summed E-state index contributed by atoms with van der Waals surface area (Å²) in [6.07, 6.45) is 1.73. The highest BCUT2D eigenvalue weighted by Crippen LogP contribution is 2.15. The Morgan fingerprint density at radius 3 is 2.89 bits per heavy atom. The second-order valence-electron chi connectivity index (χ2n) is 4.22. The van der Waals surface area contributed by atoms with Gasteiger partial charge in [0, 0.05) is 12.5 Å². The normalized spacial score (nSPS) is 11.7. The first kappa shape index (κ1) is 14.1. The van der Waals surface area contributed by atoms with Gasteiger partial charge >= 0.3 is 0 Å². The molecular weight excluding hydrogens is 233 g/mol. The summed E-state index contributed by atoms with van der Waals surface area (Å²) >= 11 is 0. The molecule has 0 fully saturated rings. The maximum atomic E-state index is 13.5. The van der Waals surface area contributed by atoms with Crippen LogP contribution in [-0.2, 0) is 4.79 Å². The Kier molecular flexibility index (Phi) is 5.28. The van der Waals surface area contributed by atoms with Crippen LogP contribution >= 0.6 is 0 Å². The molecule has 4 nitrogen and oxygen atoms in total. The Morgan fingerprint density at radius 2 is 2.33 bits per heavy atom. The third-order valence-electron chi connectivity index (χ3n) is 2.44. The molecule has 5 heteroatoms. The van der Waals surface area contributed by atoms with Crippen LogP contribution in [-0.4, -0.2) is 11.9 Å². The Hall–Kier alpha value is -1.93. The van der Waals surface area contributed by atoms with Crippen molar-refractivity contribution in [1.82, 2.24) is 0 Å². The lowest BCUT2D eigenvalue weighted by molar-refractivity contribution is -0.116. The number of halogens is 1. The van der Waals surface area contributed by atoms with E-state index in [9.17, 15) is 9.18 Å². The molecule has 0 bridgehead atoms. The van der Waals surface area contributed by atoms with Crippen LogP contribution in [0.2, 0.25) is 0 Å². The van der Waals surface area contributed by atoms with Crippen molar-refractivity contribution in [3.63, 3.8) is 0 Å². The summed E-state index contributed by atoms with van der Waals surface area (Å²) in [7, 11) is 0. The van der Waals surface area contributed by atoms with Gasteiger partial charge in [-0.2, -0.15) is 5.26 Å². The number of benzene rings is 1. The Morgan fingerprint density at radius 1 is 1.61 bits per heavy atom. The van der Waals surface area contributed by atoms with Gasteiger partial charge in [0.25, 0.3) is 0 Å². The van der Waals surface area contributed by atoms with Crippen molar-refractivity contribution >= 4 is 11.6 Å². The molecule has 1 rings (SSSR count). The standard InChI is InChI=1S/C13H16FN3O/c1-9(16)3-2-4-13(18)17-12-6-5-10(8-15)7-11(12)14/h5-7,9H,2-4,16H2,1H3,(H,17,18). The van der Waals surface area contributed by atoms with Crippen LogP contribution in [0, 0.1) is 17.1 Å². The molecule has 3 N–H and O–H groups in total. The molecule has 1 aromatic carbocycles. The fourth-order valence-electron chi connectivity index (χ4n) is 1.48. The lowest BCUT2D eigenvalue weighted by Gasteiger charge is -2.07. The third kappa shape index (κ3) is 4.52. The topological polar surface area (TPSA) is 78.9 Å². The van der Waals surface area contributed by atoms with E-state index in [0.717, 1.165) is 12.5 Å². The minimum atomic E-state index is -0.602. The maximum Gasteiger partial charge on any atom is 0.224 e. The summed E-state index contributed by atoms with van der Waals surface area (Å²) < 4.78 is 13.5. The second-order valence-corrected chi connectivity index (χ2v) is 4.22. The maximum absolute atomic E-state index is 13.5. The molecule has 0 aliphatic carbocycles. The van der Waals surface area contributed by atoms with E-state index in [1.165, 1.54) is 12.1 Å². The zero-order chi connectivity index (χ0) is 13.5. The van der Waals surface area contributed by atoms with Gasteiger partial charge in [-0.25, -0.2) is 4.39 Å². The number of rotatable bonds is 5. The van der Waals surface area contributed by atoms with Gasteiger partial charge in [-0.05, 0) is 38.0 Å². The van der Waals surface area contributed by atoms with Gasteiger partial charge in [-0.15, -0.1) is 0 Å². The summed E-state index contributed by atoms with van der Waals surface area (Å²) in [5.74, 6) is -0.853. The first-order valence-corrected chi connectivity index (χ1v) is 5.78. The summed E-state index contributed by atoms with van der Waals surface area (Å²) in [6.45, 7) is 1.87. The van der Waals surface area contributed by atoms with Crippen LogP contribution in [0.4, 0.5) is 10.1 Å². The summed E-state index contributed by atoms with van der Waals surface area (Å²) in [5.41, 5.74) is 5.89. The van der Waals surface area contributed by atoms with Gasteiger partial charge in [-0.1, -0.05) is 0 Å². The van der Waals surface area contributed by atoms with Crippen LogP contribution in [0.1, 0.15) is 31.7 Å². The van der Waals surface area contributed by atoms with Crippen LogP contribution in [0.15, 0.2) is 18.2 Å². The Balaban J connectivity index is 2.52. The van der Waals surface area contributed by atoms with Crippen molar-refractivity contribution in [2.75, 3.05) is 5.32 Å². The van der Waals surface area contributed by atoms with Crippen molar-refractivity contribution in [3.8, 4) is 6.07 Å². The van der Waals surface area contributed by atoms with Gasteiger partial charge in [0.2, 0.25) is 5.91 Å². The number of amides is 1. The molecule has 0 heterocycles. The van der Waals surface area contributed by atoms with E-state index in [2.05, 4.69) is 5.32 Å². The van der Waals surface area contributed by atoms with Crippen molar-refractivity contribution in [2.45, 2.75) is 32.2 Å². The molecule has 1 aromatic rings. The number of hydrogen-bond acceptors (Lipinski definition) is 3. The molecule has 0 spiro atoms. The molecule has 0 aliphatic rings. The third-order valence-corrected chi connectivity index (χ3v) is 2.44. The summed E-state index contributed by atoms with van der Waals surface area (Å²) in [5, 5.41) is 11.1. The fourth-order valence-corrected chi connectivity index (χ4v) is 1.48. The number of carbonyl (C=O) groups excluding carboxylic acids is 1. The van der Waals surface area contributed by atoms with Gasteiger partial charge < -0.3 is 11.1 Å². The minimum Gasteiger partial charge on any atom is -0.328 e. The van der Waals surface area contributed by atoms with E-state index >= 15 is 0 Å². The number of nitrogens with one attached hydrogen (secondary N) is 1. The number of nitrogens with two attached hydrogens (primary N) is 1. The number of nitrogens with zero attached hydrogens (tertiary/aromatic N) is 1. The number of anilines is 1. The highest BCUT2D eigenvalue weighted by Gasteiger charge is 2.08. The highest BCUT2D eigenvalue weighted by molar-refractivity contribution is 5.90. The van der Waals surface area contributed by atoms with Gasteiger partial charge in [0.05, 0.1) is 17.3 Å². The van der Waals surface area contributed by atoms with Gasteiger partial charge in [0.15, 0.2) is 0 Å². The molecule has 96 valence electrons. The monoisotopic (exact) mass is 249 g/mol. The van der Waals surface area contributed by atoms with Crippen LogP contribution in [0.5, 0.6) is 0 Å². The van der Waals surface area contributed by atoms with E-state index in [-0.39, 0.29) is 23.2 Å². The highest BCUT2D eigenvalue weighted by atomic mass is 19.1. The Labute approximate surface area is 106 Å². The van der Waals surface area contributed by atoms with Crippen molar-refractivity contribution in [1.29, 1.82) is 5.26 Å². The van der Waals surface area contributed by atoms with Crippen LogP contribution < -0.4 is 11.1 Å². The first-order valence-electron chi connectivity index (χ1n) is 5.78. The molecule has 0 radical (unpaired) electrons. The predicted molar refractivity (Wildman–Crippen MR) is 67.2 cm³/mol. The molecule has 0 aliphatic heterocycles. The van der Waals surface area contributed by atoms with Crippen molar-refractivity contribution < 1.29 is 9.18 Å². The van der Waals surface area contributed by atoms with Crippen molar-refractivity contribution in [2.24, 2.45) is 5.73 Å². The SMILES string of the molecule is CC(N)CCCC(=O)Nc1ccc(C#N)cc1F. The van der Waals surface area contributed by atoms with Crippen LogP contribution in [0.3, 0.4) is 0 Å². The lowest BCUT2D eigenvalue weighted by atomic mass is 10.1. The molecule has 1 atom stereocenters. The fraction of sp³-hybridized carbons (Fsp3) is 0.385. The smallest absolute Gasteiger partial charge is 0.224 e. The number of carbonyl (C=O) groups is 1.